The molecule has 3 aromatic rings. The second-order valence-electron chi connectivity index (χ2n) is 9.12. The van der Waals surface area contributed by atoms with Crippen molar-refractivity contribution in [3.8, 4) is 11.1 Å². The van der Waals surface area contributed by atoms with Crippen molar-refractivity contribution in [2.45, 2.75) is 52.6 Å². The molecule has 1 heterocycles. The van der Waals surface area contributed by atoms with Crippen LogP contribution < -0.4 is 0 Å². The average Bonchev–Trinajstić information content (AvgIpc) is 3.12. The summed E-state index contributed by atoms with van der Waals surface area (Å²) < 4.78 is 7.92. The molecule has 0 N–H and O–H groups in total. The molecule has 0 aliphatic heterocycles. The molecule has 0 fully saturated rings. The first-order valence-corrected chi connectivity index (χ1v) is 12.3. The number of hydrogen-bond acceptors (Lipinski definition) is 3. The van der Waals surface area contributed by atoms with E-state index in [0.29, 0.717) is 31.1 Å². The van der Waals surface area contributed by atoms with E-state index in [1.807, 2.05) is 44.4 Å². The minimum Gasteiger partial charge on any atom is -0.377 e. The molecule has 4 nitrogen and oxygen atoms in total. The number of carbonyl (C=O) groups excluding carboxylic acids is 2. The van der Waals surface area contributed by atoms with Gasteiger partial charge in [-0.3, -0.25) is 4.79 Å². The summed E-state index contributed by atoms with van der Waals surface area (Å²) in [7, 11) is 1.99. The lowest BCUT2D eigenvalue weighted by Gasteiger charge is -2.12. The normalized spacial score (nSPS) is 12.0. The van der Waals surface area contributed by atoms with Gasteiger partial charge in [-0.15, -0.1) is 0 Å². The van der Waals surface area contributed by atoms with Gasteiger partial charge >= 0.3 is 0 Å². The van der Waals surface area contributed by atoms with Gasteiger partial charge in [-0.1, -0.05) is 60.5 Å². The largest absolute Gasteiger partial charge is 0.377 e. The van der Waals surface area contributed by atoms with Crippen LogP contribution in [0.3, 0.4) is 0 Å². The molecule has 3 rings (SSSR count). The van der Waals surface area contributed by atoms with Gasteiger partial charge in [0, 0.05) is 54.5 Å². The van der Waals surface area contributed by atoms with Crippen LogP contribution in [0.1, 0.15) is 59.8 Å². The van der Waals surface area contributed by atoms with Gasteiger partial charge in [0.05, 0.1) is 6.61 Å². The van der Waals surface area contributed by atoms with Crippen molar-refractivity contribution >= 4 is 23.7 Å². The Hall–Kier alpha value is -2.69. The number of Topliss-reactive ketones (excluding diaryl/α,β-unsaturated/α-hetero) is 1. The molecule has 1 atom stereocenters. The number of benzene rings is 2. The Morgan fingerprint density at radius 1 is 1.15 bits per heavy atom. The highest BCUT2D eigenvalue weighted by atomic mass is 35.5. The van der Waals surface area contributed by atoms with Crippen LogP contribution in [-0.4, -0.2) is 23.2 Å². The maximum atomic E-state index is 13.4. The molecule has 0 radical (unpaired) electrons. The molecule has 0 saturated heterocycles. The molecule has 0 bridgehead atoms. The molecule has 34 heavy (non-hydrogen) atoms. The van der Waals surface area contributed by atoms with Crippen molar-refractivity contribution in [1.82, 2.24) is 4.57 Å². The summed E-state index contributed by atoms with van der Waals surface area (Å²) in [5, 5.41) is 0.640. The van der Waals surface area contributed by atoms with Crippen LogP contribution in [0.2, 0.25) is 5.02 Å². The van der Waals surface area contributed by atoms with E-state index in [1.54, 1.807) is 0 Å². The summed E-state index contributed by atoms with van der Waals surface area (Å²) in [5.41, 5.74) is 6.03. The van der Waals surface area contributed by atoms with Gasteiger partial charge in [0.25, 0.3) is 0 Å². The number of ether oxygens (including phenoxy) is 1. The van der Waals surface area contributed by atoms with Gasteiger partial charge in [-0.2, -0.15) is 0 Å². The number of carbonyl (C=O) groups is 2. The van der Waals surface area contributed by atoms with E-state index in [2.05, 4.69) is 35.8 Å². The van der Waals surface area contributed by atoms with Crippen molar-refractivity contribution in [2.75, 3.05) is 6.61 Å². The molecule has 0 aliphatic rings. The quantitative estimate of drug-likeness (QED) is 0.151. The fourth-order valence-corrected chi connectivity index (χ4v) is 4.50. The fraction of sp³-hybridized carbons (Fsp3) is 0.379. The maximum Gasteiger partial charge on any atom is 0.165 e. The van der Waals surface area contributed by atoms with Gasteiger partial charge in [-0.05, 0) is 55.4 Å². The minimum atomic E-state index is 0.0142. The molecular formula is C29H34ClNO3. The van der Waals surface area contributed by atoms with Gasteiger partial charge in [-0.25, -0.2) is 0 Å². The lowest BCUT2D eigenvalue weighted by molar-refractivity contribution is -0.108. The molecule has 0 saturated carbocycles. The van der Waals surface area contributed by atoms with Crippen LogP contribution in [-0.2, 0) is 29.6 Å². The molecule has 180 valence electrons. The smallest absolute Gasteiger partial charge is 0.165 e. The van der Waals surface area contributed by atoms with Crippen molar-refractivity contribution < 1.29 is 14.3 Å². The first-order valence-electron chi connectivity index (χ1n) is 11.9. The summed E-state index contributed by atoms with van der Waals surface area (Å²) in [4.78, 5) is 24.3. The number of aryl methyl sites for hydroxylation is 2. The third-order valence-electron chi connectivity index (χ3n) is 6.06. The van der Waals surface area contributed by atoms with E-state index in [9.17, 15) is 9.59 Å². The van der Waals surface area contributed by atoms with Crippen molar-refractivity contribution in [3.63, 3.8) is 0 Å². The zero-order chi connectivity index (χ0) is 24.5. The van der Waals surface area contributed by atoms with E-state index in [1.165, 1.54) is 11.1 Å². The number of unbranched alkanes of at least 4 members (excludes halogenated alkanes) is 1. The fourth-order valence-electron chi connectivity index (χ4n) is 4.31. The summed E-state index contributed by atoms with van der Waals surface area (Å²) in [5.74, 6) is 0.0934. The number of nitrogens with zero attached hydrogens (tertiary/aromatic N) is 1. The van der Waals surface area contributed by atoms with Crippen LogP contribution in [0.25, 0.3) is 11.1 Å². The van der Waals surface area contributed by atoms with Crippen molar-refractivity contribution in [2.24, 2.45) is 13.0 Å². The number of halogens is 1. The van der Waals surface area contributed by atoms with E-state index in [4.69, 9.17) is 16.3 Å². The lowest BCUT2D eigenvalue weighted by Crippen LogP contribution is -2.11. The standard InChI is InChI=1S/C29H34ClNO3/c1-21-8-6-9-23(16-21)20-34-15-5-4-12-27-29(28(33)17-22(2)13-14-32)26(19-31(27)3)24-10-7-11-25(30)18-24/h6-11,14,16,18-19,22H,4-5,12-13,15,17,20H2,1-3H3. The average molecular weight is 480 g/mol. The predicted molar refractivity (Wildman–Crippen MR) is 138 cm³/mol. The molecule has 1 aromatic heterocycles. The second kappa shape index (κ2) is 12.7. The molecule has 2 aromatic carbocycles. The number of aromatic nitrogens is 1. The van der Waals surface area contributed by atoms with Gasteiger partial charge in [0.15, 0.2) is 5.78 Å². The van der Waals surface area contributed by atoms with E-state index < -0.39 is 0 Å². The Kier molecular flexibility index (Phi) is 9.67. The van der Waals surface area contributed by atoms with Crippen LogP contribution >= 0.6 is 11.6 Å². The Labute approximate surface area is 207 Å². The summed E-state index contributed by atoms with van der Waals surface area (Å²) in [6.07, 6.45) is 6.27. The first-order chi connectivity index (χ1) is 16.4. The number of ketones is 1. The molecular weight excluding hydrogens is 446 g/mol. The van der Waals surface area contributed by atoms with Crippen LogP contribution in [0.15, 0.2) is 54.7 Å². The summed E-state index contributed by atoms with van der Waals surface area (Å²) in [6, 6.07) is 16.0. The molecule has 5 heteroatoms. The zero-order valence-corrected chi connectivity index (χ0v) is 21.1. The monoisotopic (exact) mass is 479 g/mol. The summed E-state index contributed by atoms with van der Waals surface area (Å²) in [6.45, 7) is 5.32. The molecule has 0 aliphatic carbocycles. The number of aldehydes is 1. The maximum absolute atomic E-state index is 13.4. The predicted octanol–water partition coefficient (Wildman–Crippen LogP) is 6.99. The first kappa shape index (κ1) is 25.9. The number of rotatable bonds is 13. The Balaban J connectivity index is 1.70. The zero-order valence-electron chi connectivity index (χ0n) is 20.4. The Morgan fingerprint density at radius 2 is 1.94 bits per heavy atom. The van der Waals surface area contributed by atoms with E-state index in [-0.39, 0.29) is 11.7 Å². The highest BCUT2D eigenvalue weighted by Gasteiger charge is 2.23. The molecule has 0 spiro atoms. The summed E-state index contributed by atoms with van der Waals surface area (Å²) >= 11 is 6.24. The lowest BCUT2D eigenvalue weighted by atomic mass is 9.92. The minimum absolute atomic E-state index is 0.0142. The molecule has 0 amide bonds. The Morgan fingerprint density at radius 3 is 2.68 bits per heavy atom. The van der Waals surface area contributed by atoms with Crippen molar-refractivity contribution in [3.05, 3.63) is 82.1 Å². The third kappa shape index (κ3) is 7.15. The second-order valence-corrected chi connectivity index (χ2v) is 9.56. The SMILES string of the molecule is Cc1cccc(COCCCCc2c(C(=O)CC(C)CC=O)c(-c3cccc(Cl)c3)cn2C)c1. The third-order valence-corrected chi connectivity index (χ3v) is 6.29. The van der Waals surface area contributed by atoms with Gasteiger partial charge in [0.2, 0.25) is 0 Å². The highest BCUT2D eigenvalue weighted by Crippen LogP contribution is 2.32. The Bertz CT molecular complexity index is 1120. The van der Waals surface area contributed by atoms with E-state index >= 15 is 0 Å². The van der Waals surface area contributed by atoms with Crippen molar-refractivity contribution in [1.29, 1.82) is 0 Å². The molecule has 1 unspecified atom stereocenters. The van der Waals surface area contributed by atoms with Gasteiger partial charge in [0.1, 0.15) is 6.29 Å². The van der Waals surface area contributed by atoms with Gasteiger partial charge < -0.3 is 14.1 Å². The number of hydrogen-bond donors (Lipinski definition) is 0. The van der Waals surface area contributed by atoms with E-state index in [0.717, 1.165) is 47.9 Å². The van der Waals surface area contributed by atoms with Crippen LogP contribution in [0, 0.1) is 12.8 Å². The highest BCUT2D eigenvalue weighted by molar-refractivity contribution is 6.30. The van der Waals surface area contributed by atoms with Crippen LogP contribution in [0.4, 0.5) is 0 Å². The topological polar surface area (TPSA) is 48.3 Å². The van der Waals surface area contributed by atoms with Crippen LogP contribution in [0.5, 0.6) is 0 Å².